The number of anilines is 2. The number of nitrogens with one attached hydrogen (secondary N) is 1. The van der Waals surface area contributed by atoms with Gasteiger partial charge in [-0.25, -0.2) is 0 Å². The summed E-state index contributed by atoms with van der Waals surface area (Å²) >= 11 is 5.83. The summed E-state index contributed by atoms with van der Waals surface area (Å²) in [5.41, 5.74) is 1.04. The van der Waals surface area contributed by atoms with Crippen LogP contribution in [0.5, 0.6) is 0 Å². The summed E-state index contributed by atoms with van der Waals surface area (Å²) in [5, 5.41) is 4.38. The number of hydrogen-bond acceptors (Lipinski definition) is 2. The van der Waals surface area contributed by atoms with Gasteiger partial charge in [-0.15, -0.1) is 0 Å². The lowest BCUT2D eigenvalue weighted by atomic mass is 10.1. The lowest BCUT2D eigenvalue weighted by Crippen LogP contribution is -2.04. The molecule has 2 nitrogen and oxygen atoms in total. The Labute approximate surface area is 129 Å². The van der Waals surface area contributed by atoms with Gasteiger partial charge in [0, 0.05) is 28.0 Å². The molecule has 3 rings (SSSR count). The standard InChI is InChI=1S/C16H10ClF3N2/c17-11-2-4-12(5-3-11)22-14-7-8-21-15-9-10(16(18,19)20)1-6-13(14)15/h1-9H,(H,21,22). The summed E-state index contributed by atoms with van der Waals surface area (Å²) in [6, 6.07) is 12.3. The van der Waals surface area contributed by atoms with E-state index in [2.05, 4.69) is 10.3 Å². The highest BCUT2D eigenvalue weighted by Crippen LogP contribution is 2.33. The molecule has 1 N–H and O–H groups in total. The van der Waals surface area contributed by atoms with E-state index in [1.54, 1.807) is 30.3 Å². The van der Waals surface area contributed by atoms with E-state index >= 15 is 0 Å². The summed E-state index contributed by atoms with van der Waals surface area (Å²) in [7, 11) is 0. The van der Waals surface area contributed by atoms with Crippen LogP contribution in [0.4, 0.5) is 24.5 Å². The fourth-order valence-corrected chi connectivity index (χ4v) is 2.25. The van der Waals surface area contributed by atoms with Crippen LogP contribution in [0.2, 0.25) is 5.02 Å². The van der Waals surface area contributed by atoms with Crippen LogP contribution in [0.3, 0.4) is 0 Å². The smallest absolute Gasteiger partial charge is 0.355 e. The van der Waals surface area contributed by atoms with E-state index in [1.807, 2.05) is 0 Å². The minimum absolute atomic E-state index is 0.286. The van der Waals surface area contributed by atoms with Gasteiger partial charge in [-0.1, -0.05) is 17.7 Å². The molecule has 22 heavy (non-hydrogen) atoms. The Hall–Kier alpha value is -2.27. The fraction of sp³-hybridized carbons (Fsp3) is 0.0625. The second-order valence-corrected chi connectivity index (χ2v) is 5.16. The molecular weight excluding hydrogens is 313 g/mol. The largest absolute Gasteiger partial charge is 0.416 e. The van der Waals surface area contributed by atoms with Crippen LogP contribution in [0.25, 0.3) is 10.9 Å². The second kappa shape index (κ2) is 5.50. The van der Waals surface area contributed by atoms with E-state index < -0.39 is 11.7 Å². The van der Waals surface area contributed by atoms with Crippen molar-refractivity contribution in [1.29, 1.82) is 0 Å². The number of alkyl halides is 3. The molecule has 6 heteroatoms. The van der Waals surface area contributed by atoms with Crippen LogP contribution in [0, 0.1) is 0 Å². The molecule has 2 aromatic carbocycles. The quantitative estimate of drug-likeness (QED) is 0.659. The third-order valence-electron chi connectivity index (χ3n) is 3.19. The van der Waals surface area contributed by atoms with Crippen molar-refractivity contribution in [3.05, 3.63) is 65.3 Å². The highest BCUT2D eigenvalue weighted by molar-refractivity contribution is 6.30. The van der Waals surface area contributed by atoms with Crippen LogP contribution in [-0.2, 0) is 6.18 Å². The zero-order chi connectivity index (χ0) is 15.7. The number of nitrogens with zero attached hydrogens (tertiary/aromatic N) is 1. The van der Waals surface area contributed by atoms with Crippen molar-refractivity contribution in [3.63, 3.8) is 0 Å². The third kappa shape index (κ3) is 2.99. The van der Waals surface area contributed by atoms with Crippen molar-refractivity contribution in [1.82, 2.24) is 4.98 Å². The lowest BCUT2D eigenvalue weighted by molar-refractivity contribution is -0.137. The molecule has 112 valence electrons. The Kier molecular flexibility index (Phi) is 3.66. The Morgan fingerprint density at radius 3 is 2.36 bits per heavy atom. The third-order valence-corrected chi connectivity index (χ3v) is 3.45. The van der Waals surface area contributed by atoms with E-state index in [1.165, 1.54) is 12.3 Å². The predicted molar refractivity (Wildman–Crippen MR) is 81.5 cm³/mol. The molecule has 1 aromatic heterocycles. The minimum atomic E-state index is -4.38. The molecule has 0 aliphatic heterocycles. The van der Waals surface area contributed by atoms with Gasteiger partial charge in [-0.05, 0) is 42.5 Å². The van der Waals surface area contributed by atoms with Crippen molar-refractivity contribution in [2.24, 2.45) is 0 Å². The molecule has 0 aliphatic carbocycles. The maximum atomic E-state index is 12.7. The van der Waals surface area contributed by atoms with Gasteiger partial charge >= 0.3 is 6.18 Å². The first-order valence-corrected chi connectivity index (χ1v) is 6.80. The van der Waals surface area contributed by atoms with Crippen molar-refractivity contribution in [3.8, 4) is 0 Å². The molecule has 0 atom stereocenters. The fourth-order valence-electron chi connectivity index (χ4n) is 2.12. The zero-order valence-corrected chi connectivity index (χ0v) is 11.9. The number of aromatic nitrogens is 1. The summed E-state index contributed by atoms with van der Waals surface area (Å²) in [4.78, 5) is 4.01. The Bertz CT molecular complexity index is 814. The van der Waals surface area contributed by atoms with Gasteiger partial charge in [0.2, 0.25) is 0 Å². The molecule has 0 unspecified atom stereocenters. The topological polar surface area (TPSA) is 24.9 Å². The van der Waals surface area contributed by atoms with Crippen molar-refractivity contribution >= 4 is 33.9 Å². The van der Waals surface area contributed by atoms with Gasteiger partial charge < -0.3 is 5.32 Å². The highest BCUT2D eigenvalue weighted by atomic mass is 35.5. The molecule has 0 bridgehead atoms. The Balaban J connectivity index is 2.02. The van der Waals surface area contributed by atoms with Gasteiger partial charge in [-0.2, -0.15) is 13.2 Å². The van der Waals surface area contributed by atoms with Gasteiger partial charge in [0.1, 0.15) is 0 Å². The maximum Gasteiger partial charge on any atom is 0.416 e. The highest BCUT2D eigenvalue weighted by Gasteiger charge is 2.30. The summed E-state index contributed by atoms with van der Waals surface area (Å²) < 4.78 is 38.2. The van der Waals surface area contributed by atoms with Gasteiger partial charge in [-0.3, -0.25) is 4.98 Å². The molecule has 0 saturated heterocycles. The first-order chi connectivity index (χ1) is 10.4. The van der Waals surface area contributed by atoms with Gasteiger partial charge in [0.15, 0.2) is 0 Å². The van der Waals surface area contributed by atoms with Crippen LogP contribution in [0.15, 0.2) is 54.7 Å². The number of benzene rings is 2. The SMILES string of the molecule is FC(F)(F)c1ccc2c(Nc3ccc(Cl)cc3)ccnc2c1. The zero-order valence-electron chi connectivity index (χ0n) is 11.2. The van der Waals surface area contributed by atoms with Crippen molar-refractivity contribution in [2.75, 3.05) is 5.32 Å². The predicted octanol–water partition coefficient (Wildman–Crippen LogP) is 5.65. The number of hydrogen-bond donors (Lipinski definition) is 1. The summed E-state index contributed by atoms with van der Waals surface area (Å²) in [6.45, 7) is 0. The molecule has 0 spiro atoms. The molecule has 1 heterocycles. The van der Waals surface area contributed by atoms with E-state index in [0.29, 0.717) is 16.1 Å². The van der Waals surface area contributed by atoms with Crippen LogP contribution in [-0.4, -0.2) is 4.98 Å². The Morgan fingerprint density at radius 2 is 1.68 bits per heavy atom. The molecular formula is C16H10ClF3N2. The van der Waals surface area contributed by atoms with Crippen LogP contribution in [0.1, 0.15) is 5.56 Å². The number of pyridine rings is 1. The average Bonchev–Trinajstić information content (AvgIpc) is 2.48. The van der Waals surface area contributed by atoms with E-state index in [4.69, 9.17) is 11.6 Å². The van der Waals surface area contributed by atoms with E-state index in [9.17, 15) is 13.2 Å². The van der Waals surface area contributed by atoms with E-state index in [-0.39, 0.29) is 5.52 Å². The van der Waals surface area contributed by atoms with Crippen molar-refractivity contribution in [2.45, 2.75) is 6.18 Å². The number of halogens is 4. The maximum absolute atomic E-state index is 12.7. The first-order valence-electron chi connectivity index (χ1n) is 6.42. The van der Waals surface area contributed by atoms with Crippen LogP contribution < -0.4 is 5.32 Å². The van der Waals surface area contributed by atoms with Crippen LogP contribution >= 0.6 is 11.6 Å². The van der Waals surface area contributed by atoms with Crippen molar-refractivity contribution < 1.29 is 13.2 Å². The molecule has 0 radical (unpaired) electrons. The lowest BCUT2D eigenvalue weighted by Gasteiger charge is -2.11. The normalized spacial score (nSPS) is 11.6. The summed E-state index contributed by atoms with van der Waals surface area (Å²) in [5.74, 6) is 0. The average molecular weight is 323 g/mol. The molecule has 0 aliphatic rings. The summed E-state index contributed by atoms with van der Waals surface area (Å²) in [6.07, 6.45) is -2.91. The number of rotatable bonds is 2. The van der Waals surface area contributed by atoms with Gasteiger partial charge in [0.25, 0.3) is 0 Å². The monoisotopic (exact) mass is 322 g/mol. The Morgan fingerprint density at radius 1 is 0.955 bits per heavy atom. The first kappa shape index (κ1) is 14.7. The van der Waals surface area contributed by atoms with Gasteiger partial charge in [0.05, 0.1) is 11.1 Å². The molecule has 0 amide bonds. The molecule has 0 fully saturated rings. The second-order valence-electron chi connectivity index (χ2n) is 4.72. The van der Waals surface area contributed by atoms with E-state index in [0.717, 1.165) is 17.8 Å². The molecule has 0 saturated carbocycles. The minimum Gasteiger partial charge on any atom is -0.355 e. The number of fused-ring (bicyclic) bond motifs is 1. The molecule has 3 aromatic rings.